The second kappa shape index (κ2) is 7.73. The molecule has 0 fully saturated rings. The molecule has 1 unspecified atom stereocenters. The van der Waals surface area contributed by atoms with Crippen molar-refractivity contribution in [3.8, 4) is 5.75 Å². The zero-order chi connectivity index (χ0) is 14.3. The highest BCUT2D eigenvalue weighted by Crippen LogP contribution is 2.18. The van der Waals surface area contributed by atoms with Gasteiger partial charge in [0.15, 0.2) is 0 Å². The number of aliphatic hydroxyl groups is 1. The third-order valence-corrected chi connectivity index (χ3v) is 3.45. The van der Waals surface area contributed by atoms with Gasteiger partial charge in [-0.3, -0.25) is 0 Å². The second-order valence-electron chi connectivity index (χ2n) is 5.57. The lowest BCUT2D eigenvalue weighted by Gasteiger charge is -2.24. The van der Waals surface area contributed by atoms with E-state index in [1.165, 1.54) is 0 Å². The molecular formula is C15H24ClNO2. The SMILES string of the molecule is CCC(C)(C)CNCC(O)COc1ccc(Cl)cc1. The summed E-state index contributed by atoms with van der Waals surface area (Å²) in [5.74, 6) is 0.720. The Kier molecular flexibility index (Phi) is 6.63. The van der Waals surface area contributed by atoms with Crippen LogP contribution in [-0.4, -0.2) is 30.9 Å². The quantitative estimate of drug-likeness (QED) is 0.771. The number of halogens is 1. The van der Waals surface area contributed by atoms with Crippen LogP contribution in [0.5, 0.6) is 5.75 Å². The monoisotopic (exact) mass is 285 g/mol. The van der Waals surface area contributed by atoms with Gasteiger partial charge in [0.05, 0.1) is 0 Å². The highest BCUT2D eigenvalue weighted by atomic mass is 35.5. The molecule has 0 spiro atoms. The van der Waals surface area contributed by atoms with Crippen LogP contribution in [0.4, 0.5) is 0 Å². The first kappa shape index (κ1) is 16.3. The summed E-state index contributed by atoms with van der Waals surface area (Å²) in [6.45, 7) is 8.29. The number of rotatable bonds is 8. The predicted octanol–water partition coefficient (Wildman–Crippen LogP) is 3.11. The van der Waals surface area contributed by atoms with Crippen molar-refractivity contribution < 1.29 is 9.84 Å². The van der Waals surface area contributed by atoms with Crippen LogP contribution in [-0.2, 0) is 0 Å². The fourth-order valence-electron chi connectivity index (χ4n) is 1.48. The first-order chi connectivity index (χ1) is 8.93. The van der Waals surface area contributed by atoms with Crippen LogP contribution in [0.3, 0.4) is 0 Å². The van der Waals surface area contributed by atoms with Crippen molar-refractivity contribution >= 4 is 11.6 Å². The van der Waals surface area contributed by atoms with Crippen LogP contribution in [0.1, 0.15) is 27.2 Å². The Morgan fingerprint density at radius 2 is 1.95 bits per heavy atom. The number of aliphatic hydroxyl groups excluding tert-OH is 1. The molecular weight excluding hydrogens is 262 g/mol. The van der Waals surface area contributed by atoms with E-state index >= 15 is 0 Å². The third kappa shape index (κ3) is 6.81. The fourth-order valence-corrected chi connectivity index (χ4v) is 1.61. The molecule has 0 saturated heterocycles. The molecule has 0 heterocycles. The number of benzene rings is 1. The molecule has 0 aliphatic carbocycles. The summed E-state index contributed by atoms with van der Waals surface area (Å²) < 4.78 is 5.48. The van der Waals surface area contributed by atoms with E-state index in [1.807, 2.05) is 0 Å². The van der Waals surface area contributed by atoms with Crippen LogP contribution in [0.15, 0.2) is 24.3 Å². The zero-order valence-corrected chi connectivity index (χ0v) is 12.7. The van der Waals surface area contributed by atoms with Gasteiger partial charge in [0, 0.05) is 18.1 Å². The van der Waals surface area contributed by atoms with Crippen LogP contribution in [0.25, 0.3) is 0 Å². The van der Waals surface area contributed by atoms with Gasteiger partial charge in [-0.2, -0.15) is 0 Å². The maximum Gasteiger partial charge on any atom is 0.119 e. The van der Waals surface area contributed by atoms with Crippen molar-refractivity contribution in [3.05, 3.63) is 29.3 Å². The van der Waals surface area contributed by atoms with E-state index in [0.29, 0.717) is 11.6 Å². The first-order valence-electron chi connectivity index (χ1n) is 6.70. The zero-order valence-electron chi connectivity index (χ0n) is 11.9. The highest BCUT2D eigenvalue weighted by Gasteiger charge is 2.15. The molecule has 2 N–H and O–H groups in total. The van der Waals surface area contributed by atoms with Crippen molar-refractivity contribution in [2.75, 3.05) is 19.7 Å². The van der Waals surface area contributed by atoms with Crippen LogP contribution in [0, 0.1) is 5.41 Å². The maximum absolute atomic E-state index is 9.82. The lowest BCUT2D eigenvalue weighted by Crippen LogP contribution is -2.36. The molecule has 0 bridgehead atoms. The van der Waals surface area contributed by atoms with E-state index < -0.39 is 6.10 Å². The van der Waals surface area contributed by atoms with Gasteiger partial charge in [0.25, 0.3) is 0 Å². The molecule has 0 aliphatic heterocycles. The largest absolute Gasteiger partial charge is 0.491 e. The Bertz CT molecular complexity index is 365. The Labute approximate surface area is 120 Å². The molecule has 1 aromatic rings. The first-order valence-corrected chi connectivity index (χ1v) is 7.08. The minimum absolute atomic E-state index is 0.261. The summed E-state index contributed by atoms with van der Waals surface area (Å²) in [6.07, 6.45) is 0.598. The van der Waals surface area contributed by atoms with Crippen molar-refractivity contribution in [1.29, 1.82) is 0 Å². The van der Waals surface area contributed by atoms with Crippen molar-refractivity contribution in [3.63, 3.8) is 0 Å². The van der Waals surface area contributed by atoms with Crippen LogP contribution < -0.4 is 10.1 Å². The molecule has 1 rings (SSSR count). The minimum Gasteiger partial charge on any atom is -0.491 e. The van der Waals surface area contributed by atoms with Gasteiger partial charge in [0.1, 0.15) is 18.5 Å². The van der Waals surface area contributed by atoms with E-state index in [0.717, 1.165) is 18.7 Å². The number of nitrogens with one attached hydrogen (secondary N) is 1. The van der Waals surface area contributed by atoms with Crippen molar-refractivity contribution in [2.45, 2.75) is 33.3 Å². The summed E-state index contributed by atoms with van der Waals surface area (Å²) in [4.78, 5) is 0. The number of hydrogen-bond donors (Lipinski definition) is 2. The Morgan fingerprint density at radius 1 is 1.32 bits per heavy atom. The van der Waals surface area contributed by atoms with E-state index in [4.69, 9.17) is 16.3 Å². The summed E-state index contributed by atoms with van der Waals surface area (Å²) in [7, 11) is 0. The fraction of sp³-hybridized carbons (Fsp3) is 0.600. The van der Waals surface area contributed by atoms with Gasteiger partial charge in [-0.25, -0.2) is 0 Å². The van der Waals surface area contributed by atoms with E-state index in [1.54, 1.807) is 24.3 Å². The highest BCUT2D eigenvalue weighted by molar-refractivity contribution is 6.30. The van der Waals surface area contributed by atoms with E-state index in [-0.39, 0.29) is 12.0 Å². The molecule has 0 aromatic heterocycles. The molecule has 0 amide bonds. The molecule has 108 valence electrons. The molecule has 0 saturated carbocycles. The third-order valence-electron chi connectivity index (χ3n) is 3.20. The standard InChI is InChI=1S/C15H24ClNO2/c1-4-15(2,3)11-17-9-13(18)10-19-14-7-5-12(16)6-8-14/h5-8,13,17-18H,4,9-11H2,1-3H3. The summed E-state index contributed by atoms with van der Waals surface area (Å²) in [6, 6.07) is 7.13. The van der Waals surface area contributed by atoms with Gasteiger partial charge in [0.2, 0.25) is 0 Å². The normalized spacial score (nSPS) is 13.3. The van der Waals surface area contributed by atoms with Gasteiger partial charge < -0.3 is 15.2 Å². The second-order valence-corrected chi connectivity index (χ2v) is 6.00. The van der Waals surface area contributed by atoms with Gasteiger partial charge in [-0.1, -0.05) is 32.4 Å². The maximum atomic E-state index is 9.82. The number of ether oxygens (including phenoxy) is 1. The molecule has 1 atom stereocenters. The lowest BCUT2D eigenvalue weighted by molar-refractivity contribution is 0.103. The minimum atomic E-state index is -0.511. The van der Waals surface area contributed by atoms with Crippen molar-refractivity contribution in [1.82, 2.24) is 5.32 Å². The Balaban J connectivity index is 2.21. The van der Waals surface area contributed by atoms with E-state index in [2.05, 4.69) is 26.1 Å². The molecule has 19 heavy (non-hydrogen) atoms. The van der Waals surface area contributed by atoms with Gasteiger partial charge in [-0.15, -0.1) is 0 Å². The average molecular weight is 286 g/mol. The smallest absolute Gasteiger partial charge is 0.119 e. The molecule has 1 aromatic carbocycles. The topological polar surface area (TPSA) is 41.5 Å². The average Bonchev–Trinajstić information content (AvgIpc) is 2.38. The summed E-state index contributed by atoms with van der Waals surface area (Å²) in [5, 5.41) is 13.8. The lowest BCUT2D eigenvalue weighted by atomic mass is 9.90. The number of hydrogen-bond acceptors (Lipinski definition) is 3. The molecule has 4 heteroatoms. The predicted molar refractivity (Wildman–Crippen MR) is 79.9 cm³/mol. The van der Waals surface area contributed by atoms with Crippen LogP contribution >= 0.6 is 11.6 Å². The van der Waals surface area contributed by atoms with Gasteiger partial charge in [-0.05, 0) is 36.1 Å². The molecule has 3 nitrogen and oxygen atoms in total. The molecule has 0 radical (unpaired) electrons. The Hall–Kier alpha value is -0.770. The van der Waals surface area contributed by atoms with Gasteiger partial charge >= 0.3 is 0 Å². The summed E-state index contributed by atoms with van der Waals surface area (Å²) >= 11 is 5.78. The van der Waals surface area contributed by atoms with Crippen molar-refractivity contribution in [2.24, 2.45) is 5.41 Å². The van der Waals surface area contributed by atoms with Crippen LogP contribution in [0.2, 0.25) is 5.02 Å². The molecule has 0 aliphatic rings. The Morgan fingerprint density at radius 3 is 2.53 bits per heavy atom. The van der Waals surface area contributed by atoms with E-state index in [9.17, 15) is 5.11 Å². The summed E-state index contributed by atoms with van der Waals surface area (Å²) in [5.41, 5.74) is 0.261.